The first kappa shape index (κ1) is 15.3. The molecular formula is C18H21NO2. The summed E-state index contributed by atoms with van der Waals surface area (Å²) in [6, 6.07) is 17.6. The van der Waals surface area contributed by atoms with Gasteiger partial charge in [-0.25, -0.2) is 0 Å². The number of carbonyl (C=O) groups is 1. The molecule has 110 valence electrons. The van der Waals surface area contributed by atoms with Gasteiger partial charge >= 0.3 is 5.97 Å². The summed E-state index contributed by atoms with van der Waals surface area (Å²) >= 11 is 0. The summed E-state index contributed by atoms with van der Waals surface area (Å²) in [4.78, 5) is 11.4. The number of aliphatic carboxylic acids is 1. The van der Waals surface area contributed by atoms with Crippen molar-refractivity contribution in [2.75, 3.05) is 7.05 Å². The lowest BCUT2D eigenvalue weighted by molar-refractivity contribution is -0.141. The van der Waals surface area contributed by atoms with Gasteiger partial charge in [-0.1, -0.05) is 68.4 Å². The fourth-order valence-corrected chi connectivity index (χ4v) is 2.68. The Balaban J connectivity index is 2.32. The van der Waals surface area contributed by atoms with E-state index in [0.29, 0.717) is 0 Å². The predicted molar refractivity (Wildman–Crippen MR) is 85.4 cm³/mol. The van der Waals surface area contributed by atoms with Gasteiger partial charge in [-0.05, 0) is 23.7 Å². The van der Waals surface area contributed by atoms with Crippen LogP contribution in [0.1, 0.15) is 19.4 Å². The molecule has 0 saturated heterocycles. The molecule has 0 saturated carbocycles. The number of rotatable bonds is 5. The topological polar surface area (TPSA) is 49.3 Å². The van der Waals surface area contributed by atoms with Gasteiger partial charge in [-0.15, -0.1) is 0 Å². The molecule has 0 spiro atoms. The van der Waals surface area contributed by atoms with Crippen LogP contribution in [0, 0.1) is 0 Å². The fraction of sp³-hybridized carbons (Fsp3) is 0.278. The molecule has 2 N–H and O–H groups in total. The second-order valence-corrected chi connectivity index (χ2v) is 5.72. The van der Waals surface area contributed by atoms with Crippen LogP contribution in [0.3, 0.4) is 0 Å². The lowest BCUT2D eigenvalue weighted by Crippen LogP contribution is -2.48. The average Bonchev–Trinajstić information content (AvgIpc) is 2.48. The normalized spacial score (nSPS) is 12.9. The lowest BCUT2D eigenvalue weighted by Gasteiger charge is -2.31. The van der Waals surface area contributed by atoms with E-state index < -0.39 is 17.4 Å². The minimum Gasteiger partial charge on any atom is -0.480 e. The molecule has 2 aromatic carbocycles. The van der Waals surface area contributed by atoms with Crippen molar-refractivity contribution in [1.82, 2.24) is 5.32 Å². The number of nitrogens with one attached hydrogen (secondary N) is 1. The average molecular weight is 283 g/mol. The Morgan fingerprint density at radius 1 is 1.00 bits per heavy atom. The van der Waals surface area contributed by atoms with E-state index in [-0.39, 0.29) is 0 Å². The van der Waals surface area contributed by atoms with Crippen molar-refractivity contribution in [3.63, 3.8) is 0 Å². The van der Waals surface area contributed by atoms with Crippen molar-refractivity contribution in [3.8, 4) is 11.1 Å². The first-order chi connectivity index (χ1) is 9.96. The number of hydrogen-bond donors (Lipinski definition) is 2. The van der Waals surface area contributed by atoms with Crippen LogP contribution in [0.2, 0.25) is 0 Å². The number of carboxylic acids is 1. The quantitative estimate of drug-likeness (QED) is 0.885. The molecule has 3 heteroatoms. The zero-order chi connectivity index (χ0) is 15.5. The van der Waals surface area contributed by atoms with E-state index in [1.54, 1.807) is 7.05 Å². The molecule has 2 rings (SSSR count). The zero-order valence-electron chi connectivity index (χ0n) is 12.6. The highest BCUT2D eigenvalue weighted by Crippen LogP contribution is 2.29. The SMILES string of the molecule is CN[C@H](C(=O)O)C(C)(C)c1ccc(-c2ccccc2)cc1. The highest BCUT2D eigenvalue weighted by atomic mass is 16.4. The third kappa shape index (κ3) is 3.14. The van der Waals surface area contributed by atoms with Gasteiger partial charge in [0.1, 0.15) is 6.04 Å². The number of carboxylic acid groups (broad SMARTS) is 1. The molecule has 0 aliphatic carbocycles. The molecule has 0 heterocycles. The van der Waals surface area contributed by atoms with E-state index in [4.69, 9.17) is 0 Å². The molecule has 21 heavy (non-hydrogen) atoms. The highest BCUT2D eigenvalue weighted by molar-refractivity contribution is 5.76. The van der Waals surface area contributed by atoms with Gasteiger partial charge < -0.3 is 10.4 Å². The van der Waals surface area contributed by atoms with Crippen molar-refractivity contribution < 1.29 is 9.90 Å². The summed E-state index contributed by atoms with van der Waals surface area (Å²) in [6.07, 6.45) is 0. The molecule has 0 fully saturated rings. The van der Waals surface area contributed by atoms with Crippen LogP contribution in [0.25, 0.3) is 11.1 Å². The van der Waals surface area contributed by atoms with E-state index in [0.717, 1.165) is 16.7 Å². The van der Waals surface area contributed by atoms with Gasteiger partial charge in [0.25, 0.3) is 0 Å². The van der Waals surface area contributed by atoms with Gasteiger partial charge in [0, 0.05) is 5.41 Å². The molecule has 0 bridgehead atoms. The van der Waals surface area contributed by atoms with Crippen LogP contribution in [0.5, 0.6) is 0 Å². The molecule has 0 unspecified atom stereocenters. The monoisotopic (exact) mass is 283 g/mol. The summed E-state index contributed by atoms with van der Waals surface area (Å²) in [6.45, 7) is 3.89. The number of benzene rings is 2. The molecule has 0 aliphatic heterocycles. The number of likely N-dealkylation sites (N-methyl/N-ethyl adjacent to an activating group) is 1. The summed E-state index contributed by atoms with van der Waals surface area (Å²) < 4.78 is 0. The molecule has 2 aromatic rings. The highest BCUT2D eigenvalue weighted by Gasteiger charge is 2.35. The summed E-state index contributed by atoms with van der Waals surface area (Å²) in [5.41, 5.74) is 2.80. The van der Waals surface area contributed by atoms with Gasteiger partial charge in [-0.3, -0.25) is 4.79 Å². The summed E-state index contributed by atoms with van der Waals surface area (Å²) in [5, 5.41) is 12.2. The van der Waals surface area contributed by atoms with Crippen molar-refractivity contribution >= 4 is 5.97 Å². The van der Waals surface area contributed by atoms with Crippen LogP contribution in [-0.2, 0) is 10.2 Å². The van der Waals surface area contributed by atoms with Crippen LogP contribution >= 0.6 is 0 Å². The van der Waals surface area contributed by atoms with Crippen molar-refractivity contribution in [2.24, 2.45) is 0 Å². The molecule has 0 radical (unpaired) electrons. The van der Waals surface area contributed by atoms with E-state index in [1.165, 1.54) is 0 Å². The van der Waals surface area contributed by atoms with Crippen molar-refractivity contribution in [3.05, 3.63) is 60.2 Å². The second kappa shape index (κ2) is 6.10. The van der Waals surface area contributed by atoms with Gasteiger partial charge in [0.2, 0.25) is 0 Å². The summed E-state index contributed by atoms with van der Waals surface area (Å²) in [5.74, 6) is -0.838. The molecular weight excluding hydrogens is 262 g/mol. The Hall–Kier alpha value is -2.13. The lowest BCUT2D eigenvalue weighted by atomic mass is 9.77. The minimum atomic E-state index is -0.838. The maximum absolute atomic E-state index is 11.4. The predicted octanol–water partition coefficient (Wildman–Crippen LogP) is 3.30. The smallest absolute Gasteiger partial charge is 0.321 e. The van der Waals surface area contributed by atoms with Crippen molar-refractivity contribution in [1.29, 1.82) is 0 Å². The Labute approximate surface area is 125 Å². The first-order valence-corrected chi connectivity index (χ1v) is 7.03. The van der Waals surface area contributed by atoms with Gasteiger partial charge in [0.15, 0.2) is 0 Å². The maximum Gasteiger partial charge on any atom is 0.321 e. The third-order valence-corrected chi connectivity index (χ3v) is 3.99. The maximum atomic E-state index is 11.4. The summed E-state index contributed by atoms with van der Waals surface area (Å²) in [7, 11) is 1.68. The molecule has 3 nitrogen and oxygen atoms in total. The molecule has 0 aromatic heterocycles. The Morgan fingerprint density at radius 2 is 1.52 bits per heavy atom. The van der Waals surface area contributed by atoms with E-state index in [2.05, 4.69) is 17.4 Å². The molecule has 0 amide bonds. The van der Waals surface area contributed by atoms with Crippen LogP contribution in [0.15, 0.2) is 54.6 Å². The van der Waals surface area contributed by atoms with Crippen LogP contribution in [0.4, 0.5) is 0 Å². The minimum absolute atomic E-state index is 0.490. The van der Waals surface area contributed by atoms with Gasteiger partial charge in [-0.2, -0.15) is 0 Å². The van der Waals surface area contributed by atoms with Crippen LogP contribution in [-0.4, -0.2) is 24.2 Å². The van der Waals surface area contributed by atoms with Gasteiger partial charge in [0.05, 0.1) is 0 Å². The second-order valence-electron chi connectivity index (χ2n) is 5.72. The number of hydrogen-bond acceptors (Lipinski definition) is 2. The zero-order valence-corrected chi connectivity index (χ0v) is 12.6. The molecule has 0 aliphatic rings. The van der Waals surface area contributed by atoms with E-state index in [9.17, 15) is 9.90 Å². The first-order valence-electron chi connectivity index (χ1n) is 7.03. The third-order valence-electron chi connectivity index (χ3n) is 3.99. The Morgan fingerprint density at radius 3 is 2.00 bits per heavy atom. The Bertz CT molecular complexity index is 603. The largest absolute Gasteiger partial charge is 0.480 e. The van der Waals surface area contributed by atoms with Crippen molar-refractivity contribution in [2.45, 2.75) is 25.3 Å². The fourth-order valence-electron chi connectivity index (χ4n) is 2.68. The van der Waals surface area contributed by atoms with Crippen LogP contribution < -0.4 is 5.32 Å². The Kier molecular flexibility index (Phi) is 4.43. The van der Waals surface area contributed by atoms with E-state index in [1.807, 2.05) is 56.3 Å². The molecule has 1 atom stereocenters. The standard InChI is InChI=1S/C18H21NO2/c1-18(2,16(19-3)17(20)21)15-11-9-14(10-12-15)13-7-5-4-6-8-13/h4-12,16,19H,1-3H3,(H,20,21)/t16-/m1/s1. The van der Waals surface area contributed by atoms with E-state index >= 15 is 0 Å².